The second-order valence-corrected chi connectivity index (χ2v) is 12.5. The van der Waals surface area contributed by atoms with Crippen LogP contribution in [-0.2, 0) is 32.6 Å². The molecule has 3 aromatic rings. The molecule has 0 aliphatic carbocycles. The average Bonchev–Trinajstić information content (AvgIpc) is 2.88. The van der Waals surface area contributed by atoms with Crippen LogP contribution in [0, 0.1) is 13.8 Å². The molecule has 0 aliphatic rings. The molecule has 2 amide bonds. The molecular formula is C30H35Cl2N3O4S. The number of hydrogen-bond acceptors (Lipinski definition) is 4. The lowest BCUT2D eigenvalue weighted by molar-refractivity contribution is -0.141. The average molecular weight is 605 g/mol. The summed E-state index contributed by atoms with van der Waals surface area (Å²) in [4.78, 5) is 28.4. The van der Waals surface area contributed by atoms with Gasteiger partial charge in [0.25, 0.3) is 0 Å². The number of sulfonamides is 1. The summed E-state index contributed by atoms with van der Waals surface area (Å²) in [6.45, 7) is 3.94. The number of amides is 2. The molecule has 0 aliphatic heterocycles. The van der Waals surface area contributed by atoms with Crippen LogP contribution in [-0.4, -0.2) is 51.0 Å². The molecule has 0 fully saturated rings. The molecule has 1 atom stereocenters. The van der Waals surface area contributed by atoms with E-state index in [1.54, 1.807) is 18.2 Å². The van der Waals surface area contributed by atoms with Crippen molar-refractivity contribution in [3.63, 3.8) is 0 Å². The first-order valence-corrected chi connectivity index (χ1v) is 15.5. The van der Waals surface area contributed by atoms with Crippen molar-refractivity contribution in [3.05, 3.63) is 99.0 Å². The Bertz CT molecular complexity index is 1410. The van der Waals surface area contributed by atoms with Crippen LogP contribution in [0.5, 0.6) is 0 Å². The summed E-state index contributed by atoms with van der Waals surface area (Å²) in [5.41, 5.74) is 3.86. The Hall–Kier alpha value is -3.07. The number of benzene rings is 3. The minimum atomic E-state index is -3.59. The number of halogens is 2. The quantitative estimate of drug-likeness (QED) is 0.294. The highest BCUT2D eigenvalue weighted by atomic mass is 35.5. The number of carbonyl (C=O) groups is 2. The maximum Gasteiger partial charge on any atom is 0.242 e. The monoisotopic (exact) mass is 603 g/mol. The van der Waals surface area contributed by atoms with Crippen LogP contribution in [0.1, 0.15) is 35.1 Å². The molecule has 40 heavy (non-hydrogen) atoms. The maximum atomic E-state index is 13.8. The van der Waals surface area contributed by atoms with Crippen molar-refractivity contribution in [2.24, 2.45) is 0 Å². The molecule has 0 spiro atoms. The number of likely N-dealkylation sites (N-methyl/N-ethyl adjacent to an activating group) is 1. The molecular weight excluding hydrogens is 569 g/mol. The minimum absolute atomic E-state index is 0.0151. The SMILES string of the molecule is CNC(=O)[C@@H](Cc1ccccc1)N(Cc1c(Cl)cccc1Cl)C(=O)CCCN(c1cc(C)cc(C)c1)S(C)(=O)=O. The van der Waals surface area contributed by atoms with Crippen molar-refractivity contribution in [3.8, 4) is 0 Å². The lowest BCUT2D eigenvalue weighted by Gasteiger charge is -2.32. The number of hydrogen-bond donors (Lipinski definition) is 1. The summed E-state index contributed by atoms with van der Waals surface area (Å²) < 4.78 is 26.7. The molecule has 0 heterocycles. The Labute approximate surface area is 247 Å². The van der Waals surface area contributed by atoms with E-state index in [4.69, 9.17) is 23.2 Å². The van der Waals surface area contributed by atoms with Crippen LogP contribution in [0.4, 0.5) is 5.69 Å². The zero-order valence-electron chi connectivity index (χ0n) is 23.2. The van der Waals surface area contributed by atoms with Crippen molar-refractivity contribution >= 4 is 50.7 Å². The van der Waals surface area contributed by atoms with E-state index < -0.39 is 16.1 Å². The summed E-state index contributed by atoms with van der Waals surface area (Å²) in [5, 5.41) is 3.45. The second kappa shape index (κ2) is 14.0. The number of anilines is 1. The van der Waals surface area contributed by atoms with E-state index in [2.05, 4.69) is 5.32 Å². The summed E-state index contributed by atoms with van der Waals surface area (Å²) in [6, 6.07) is 19.3. The normalized spacial score (nSPS) is 12.1. The van der Waals surface area contributed by atoms with Gasteiger partial charge in [-0.15, -0.1) is 0 Å². The van der Waals surface area contributed by atoms with E-state index in [0.29, 0.717) is 21.3 Å². The number of aryl methyl sites for hydroxylation is 2. The Balaban J connectivity index is 1.90. The van der Waals surface area contributed by atoms with Crippen LogP contribution in [0.3, 0.4) is 0 Å². The van der Waals surface area contributed by atoms with Gasteiger partial charge < -0.3 is 10.2 Å². The first-order valence-electron chi connectivity index (χ1n) is 12.9. The van der Waals surface area contributed by atoms with Crippen molar-refractivity contribution < 1.29 is 18.0 Å². The topological polar surface area (TPSA) is 86.8 Å². The van der Waals surface area contributed by atoms with E-state index in [-0.39, 0.29) is 44.2 Å². The van der Waals surface area contributed by atoms with E-state index in [0.717, 1.165) is 22.9 Å². The Morgan fingerprint density at radius 3 is 2.08 bits per heavy atom. The van der Waals surface area contributed by atoms with Crippen LogP contribution < -0.4 is 9.62 Å². The fourth-order valence-corrected chi connectivity index (χ4v) is 6.14. The third-order valence-electron chi connectivity index (χ3n) is 6.55. The highest BCUT2D eigenvalue weighted by Gasteiger charge is 2.31. The van der Waals surface area contributed by atoms with Crippen LogP contribution >= 0.6 is 23.2 Å². The van der Waals surface area contributed by atoms with Crippen molar-refractivity contribution in [1.82, 2.24) is 10.2 Å². The zero-order chi connectivity index (χ0) is 29.4. The summed E-state index contributed by atoms with van der Waals surface area (Å²) in [5.74, 6) is -0.636. The second-order valence-electron chi connectivity index (χ2n) is 9.83. The Kier molecular flexibility index (Phi) is 11.0. The largest absolute Gasteiger partial charge is 0.357 e. The molecule has 3 aromatic carbocycles. The molecule has 1 N–H and O–H groups in total. The molecule has 0 bridgehead atoms. The van der Waals surface area contributed by atoms with Crippen molar-refractivity contribution in [2.75, 3.05) is 24.2 Å². The van der Waals surface area contributed by atoms with E-state index in [1.165, 1.54) is 16.3 Å². The Morgan fingerprint density at radius 2 is 1.52 bits per heavy atom. The molecule has 214 valence electrons. The van der Waals surface area contributed by atoms with Crippen LogP contribution in [0.15, 0.2) is 66.7 Å². The molecule has 0 radical (unpaired) electrons. The van der Waals surface area contributed by atoms with E-state index >= 15 is 0 Å². The van der Waals surface area contributed by atoms with E-state index in [9.17, 15) is 18.0 Å². The summed E-state index contributed by atoms with van der Waals surface area (Å²) in [6.07, 6.45) is 1.70. The first-order chi connectivity index (χ1) is 18.9. The third kappa shape index (κ3) is 8.46. The Morgan fingerprint density at radius 1 is 0.925 bits per heavy atom. The van der Waals surface area contributed by atoms with Gasteiger partial charge in [-0.2, -0.15) is 0 Å². The third-order valence-corrected chi connectivity index (χ3v) is 8.46. The van der Waals surface area contributed by atoms with Gasteiger partial charge in [-0.05, 0) is 61.2 Å². The van der Waals surface area contributed by atoms with E-state index in [1.807, 2.05) is 62.4 Å². The molecule has 0 unspecified atom stereocenters. The summed E-state index contributed by atoms with van der Waals surface area (Å²) >= 11 is 12.9. The highest BCUT2D eigenvalue weighted by molar-refractivity contribution is 7.92. The minimum Gasteiger partial charge on any atom is -0.357 e. The fraction of sp³-hybridized carbons (Fsp3) is 0.333. The predicted molar refractivity (Wildman–Crippen MR) is 162 cm³/mol. The standard InChI is InChI=1S/C30H35Cl2N3O4S/c1-21-16-22(2)18-24(17-21)35(40(4,38)39)15-9-14-29(36)34(20-25-26(31)12-8-13-27(25)32)28(30(37)33-3)19-23-10-6-5-7-11-23/h5-8,10-13,16-18,28H,9,14-15,19-20H2,1-4H3,(H,33,37)/t28-/m1/s1. The van der Waals surface area contributed by atoms with Gasteiger partial charge in [0.15, 0.2) is 0 Å². The van der Waals surface area contributed by atoms with Gasteiger partial charge in [-0.3, -0.25) is 13.9 Å². The van der Waals surface area contributed by atoms with Gasteiger partial charge in [-0.1, -0.05) is 65.7 Å². The molecule has 10 heteroatoms. The first kappa shape index (κ1) is 31.5. The number of carbonyl (C=O) groups excluding carboxylic acids is 2. The fourth-order valence-electron chi connectivity index (χ4n) is 4.67. The maximum absolute atomic E-state index is 13.8. The smallest absolute Gasteiger partial charge is 0.242 e. The zero-order valence-corrected chi connectivity index (χ0v) is 25.5. The van der Waals surface area contributed by atoms with Gasteiger partial charge >= 0.3 is 0 Å². The molecule has 0 saturated heterocycles. The number of rotatable bonds is 12. The highest BCUT2D eigenvalue weighted by Crippen LogP contribution is 2.28. The molecule has 7 nitrogen and oxygen atoms in total. The van der Waals surface area contributed by atoms with Gasteiger partial charge in [0.1, 0.15) is 6.04 Å². The lowest BCUT2D eigenvalue weighted by Crippen LogP contribution is -2.50. The molecule has 0 aromatic heterocycles. The van der Waals surface area contributed by atoms with Crippen molar-refractivity contribution in [2.45, 2.75) is 45.7 Å². The lowest BCUT2D eigenvalue weighted by atomic mass is 10.0. The van der Waals surface area contributed by atoms with Crippen molar-refractivity contribution in [1.29, 1.82) is 0 Å². The molecule has 0 saturated carbocycles. The van der Waals surface area contributed by atoms with Gasteiger partial charge in [-0.25, -0.2) is 8.42 Å². The van der Waals surface area contributed by atoms with Gasteiger partial charge in [0, 0.05) is 48.6 Å². The molecule has 3 rings (SSSR count). The number of nitrogens with zero attached hydrogens (tertiary/aromatic N) is 2. The van der Waals surface area contributed by atoms with Crippen LogP contribution in [0.25, 0.3) is 0 Å². The summed E-state index contributed by atoms with van der Waals surface area (Å²) in [7, 11) is -2.07. The predicted octanol–water partition coefficient (Wildman–Crippen LogP) is 5.54. The van der Waals surface area contributed by atoms with Gasteiger partial charge in [0.2, 0.25) is 21.8 Å². The number of nitrogens with one attached hydrogen (secondary N) is 1. The van der Waals surface area contributed by atoms with Gasteiger partial charge in [0.05, 0.1) is 11.9 Å². The van der Waals surface area contributed by atoms with Crippen LogP contribution in [0.2, 0.25) is 10.0 Å².